The van der Waals surface area contributed by atoms with Gasteiger partial charge in [-0.05, 0) is 59.5 Å². The fraction of sp³-hybridized carbons (Fsp3) is 0.412. The number of thiophene rings is 1. The number of rotatable bonds is 5. The van der Waals surface area contributed by atoms with Crippen LogP contribution in [0.4, 0.5) is 5.69 Å². The van der Waals surface area contributed by atoms with Gasteiger partial charge in [-0.25, -0.2) is 0 Å². The lowest BCUT2D eigenvalue weighted by molar-refractivity contribution is 0.411. The van der Waals surface area contributed by atoms with Crippen LogP contribution < -0.4 is 15.0 Å². The summed E-state index contributed by atoms with van der Waals surface area (Å²) < 4.78 is 5.21. The fourth-order valence-corrected chi connectivity index (χ4v) is 3.46. The first-order chi connectivity index (χ1) is 10.3. The highest BCUT2D eigenvalue weighted by atomic mass is 32.1. The number of nitrogens with zero attached hydrogens (tertiary/aromatic N) is 1. The van der Waals surface area contributed by atoms with E-state index in [-0.39, 0.29) is 0 Å². The van der Waals surface area contributed by atoms with Crippen molar-refractivity contribution in [2.75, 3.05) is 25.1 Å². The smallest absolute Gasteiger partial charge is 0.119 e. The molecule has 0 spiro atoms. The Morgan fingerprint density at radius 2 is 1.95 bits per heavy atom. The Balaban J connectivity index is 1.47. The van der Waals surface area contributed by atoms with Crippen LogP contribution in [0.25, 0.3) is 0 Å². The molecule has 1 aromatic heterocycles. The Bertz CT molecular complexity index is 530. The number of hydrogen-bond donors (Lipinski definition) is 1. The van der Waals surface area contributed by atoms with Gasteiger partial charge in [0.05, 0.1) is 7.11 Å². The zero-order valence-corrected chi connectivity index (χ0v) is 13.2. The van der Waals surface area contributed by atoms with Crippen molar-refractivity contribution in [3.8, 4) is 5.75 Å². The van der Waals surface area contributed by atoms with Gasteiger partial charge in [-0.1, -0.05) is 0 Å². The van der Waals surface area contributed by atoms with Crippen LogP contribution >= 0.6 is 11.3 Å². The highest BCUT2D eigenvalue weighted by molar-refractivity contribution is 7.07. The van der Waals surface area contributed by atoms with Crippen LogP contribution in [0.15, 0.2) is 41.1 Å². The van der Waals surface area contributed by atoms with Gasteiger partial charge >= 0.3 is 0 Å². The number of hydrogen-bond acceptors (Lipinski definition) is 4. The molecule has 1 saturated heterocycles. The van der Waals surface area contributed by atoms with Crippen molar-refractivity contribution in [3.63, 3.8) is 0 Å². The second-order valence-corrected chi connectivity index (χ2v) is 6.25. The molecule has 1 aliphatic heterocycles. The third kappa shape index (κ3) is 3.77. The summed E-state index contributed by atoms with van der Waals surface area (Å²) >= 11 is 1.77. The summed E-state index contributed by atoms with van der Waals surface area (Å²) in [5.41, 5.74) is 2.70. The zero-order valence-electron chi connectivity index (χ0n) is 12.4. The van der Waals surface area contributed by atoms with Gasteiger partial charge < -0.3 is 15.0 Å². The summed E-state index contributed by atoms with van der Waals surface area (Å²) in [6, 6.07) is 11.2. The minimum Gasteiger partial charge on any atom is -0.497 e. The molecule has 0 bridgehead atoms. The first-order valence-electron chi connectivity index (χ1n) is 7.48. The summed E-state index contributed by atoms with van der Waals surface area (Å²) in [4.78, 5) is 2.46. The SMILES string of the molecule is COc1ccc(N2CCC(NCc3ccsc3)CC2)cc1. The van der Waals surface area contributed by atoms with E-state index < -0.39 is 0 Å². The second-order valence-electron chi connectivity index (χ2n) is 5.47. The molecule has 3 rings (SSSR count). The third-order valence-corrected chi connectivity index (χ3v) is 4.84. The molecule has 2 heterocycles. The Kier molecular flexibility index (Phi) is 4.78. The number of benzene rings is 1. The Morgan fingerprint density at radius 1 is 1.19 bits per heavy atom. The highest BCUT2D eigenvalue weighted by Gasteiger charge is 2.18. The lowest BCUT2D eigenvalue weighted by Crippen LogP contribution is -2.42. The van der Waals surface area contributed by atoms with Crippen molar-refractivity contribution >= 4 is 17.0 Å². The molecule has 3 nitrogen and oxygen atoms in total. The van der Waals surface area contributed by atoms with Crippen molar-refractivity contribution in [3.05, 3.63) is 46.7 Å². The summed E-state index contributed by atoms with van der Waals surface area (Å²) in [6.07, 6.45) is 2.41. The summed E-state index contributed by atoms with van der Waals surface area (Å²) in [7, 11) is 1.71. The molecule has 1 N–H and O–H groups in total. The Hall–Kier alpha value is -1.52. The second kappa shape index (κ2) is 6.96. The average molecular weight is 302 g/mol. The molecule has 21 heavy (non-hydrogen) atoms. The summed E-state index contributed by atoms with van der Waals surface area (Å²) in [6.45, 7) is 3.23. The largest absolute Gasteiger partial charge is 0.497 e. The van der Waals surface area contributed by atoms with Crippen molar-refractivity contribution < 1.29 is 4.74 Å². The standard InChI is InChI=1S/C17H22N2OS/c1-20-17-4-2-16(3-5-17)19-9-6-15(7-10-19)18-12-14-8-11-21-13-14/h2-5,8,11,13,15,18H,6-7,9-10,12H2,1H3. The molecule has 4 heteroatoms. The Labute approximate surface area is 130 Å². The summed E-state index contributed by atoms with van der Waals surface area (Å²) in [5, 5.41) is 8.04. The van der Waals surface area contributed by atoms with E-state index in [0.29, 0.717) is 6.04 Å². The molecule has 1 fully saturated rings. The quantitative estimate of drug-likeness (QED) is 0.914. The van der Waals surface area contributed by atoms with Crippen molar-refractivity contribution in [1.29, 1.82) is 0 Å². The van der Waals surface area contributed by atoms with Gasteiger partial charge in [-0.15, -0.1) is 0 Å². The minimum atomic E-state index is 0.638. The van der Waals surface area contributed by atoms with E-state index in [1.807, 2.05) is 12.1 Å². The normalized spacial score (nSPS) is 16.1. The maximum absolute atomic E-state index is 5.21. The molecular formula is C17H22N2OS. The van der Waals surface area contributed by atoms with Crippen LogP contribution in [0.3, 0.4) is 0 Å². The van der Waals surface area contributed by atoms with Gasteiger partial charge in [0.15, 0.2) is 0 Å². The van der Waals surface area contributed by atoms with E-state index in [0.717, 1.165) is 25.4 Å². The molecule has 0 aliphatic carbocycles. The molecule has 1 aromatic carbocycles. The molecule has 0 saturated carbocycles. The molecule has 0 radical (unpaired) electrons. The number of methoxy groups -OCH3 is 1. The average Bonchev–Trinajstić information content (AvgIpc) is 3.07. The van der Waals surface area contributed by atoms with Crippen LogP contribution in [-0.4, -0.2) is 26.2 Å². The molecule has 0 atom stereocenters. The van der Waals surface area contributed by atoms with Crippen LogP contribution in [-0.2, 0) is 6.54 Å². The monoisotopic (exact) mass is 302 g/mol. The topological polar surface area (TPSA) is 24.5 Å². The number of anilines is 1. The van der Waals surface area contributed by atoms with E-state index in [4.69, 9.17) is 4.74 Å². The summed E-state index contributed by atoms with van der Waals surface area (Å²) in [5.74, 6) is 0.922. The van der Waals surface area contributed by atoms with E-state index in [9.17, 15) is 0 Å². The van der Waals surface area contributed by atoms with Crippen molar-refractivity contribution in [2.45, 2.75) is 25.4 Å². The molecular weight excluding hydrogens is 280 g/mol. The van der Waals surface area contributed by atoms with Crippen molar-refractivity contribution in [1.82, 2.24) is 5.32 Å². The van der Waals surface area contributed by atoms with E-state index in [1.54, 1.807) is 18.4 Å². The van der Waals surface area contributed by atoms with E-state index in [1.165, 1.54) is 24.1 Å². The third-order valence-electron chi connectivity index (χ3n) is 4.11. The lowest BCUT2D eigenvalue weighted by atomic mass is 10.0. The van der Waals surface area contributed by atoms with Gasteiger partial charge in [0.1, 0.15) is 5.75 Å². The van der Waals surface area contributed by atoms with Crippen molar-refractivity contribution in [2.24, 2.45) is 0 Å². The predicted octanol–water partition coefficient (Wildman–Crippen LogP) is 3.52. The van der Waals surface area contributed by atoms with Gasteiger partial charge in [0, 0.05) is 31.4 Å². The highest BCUT2D eigenvalue weighted by Crippen LogP contribution is 2.23. The maximum atomic E-state index is 5.21. The number of nitrogens with one attached hydrogen (secondary N) is 1. The maximum Gasteiger partial charge on any atom is 0.119 e. The minimum absolute atomic E-state index is 0.638. The van der Waals surface area contributed by atoms with Gasteiger partial charge in [0.25, 0.3) is 0 Å². The molecule has 2 aromatic rings. The van der Waals surface area contributed by atoms with Gasteiger partial charge in [-0.3, -0.25) is 0 Å². The van der Waals surface area contributed by atoms with E-state index >= 15 is 0 Å². The van der Waals surface area contributed by atoms with Crippen LogP contribution in [0.1, 0.15) is 18.4 Å². The molecule has 0 unspecified atom stereocenters. The predicted molar refractivity (Wildman–Crippen MR) is 89.4 cm³/mol. The molecule has 1 aliphatic rings. The number of ether oxygens (including phenoxy) is 1. The van der Waals surface area contributed by atoms with Crippen LogP contribution in [0.5, 0.6) is 5.75 Å². The zero-order chi connectivity index (χ0) is 14.5. The lowest BCUT2D eigenvalue weighted by Gasteiger charge is -2.34. The first kappa shape index (κ1) is 14.4. The van der Waals surface area contributed by atoms with Gasteiger partial charge in [-0.2, -0.15) is 11.3 Å². The Morgan fingerprint density at radius 3 is 2.57 bits per heavy atom. The number of piperidine rings is 1. The van der Waals surface area contributed by atoms with Crippen LogP contribution in [0.2, 0.25) is 0 Å². The molecule has 0 amide bonds. The first-order valence-corrected chi connectivity index (χ1v) is 8.43. The van der Waals surface area contributed by atoms with Crippen LogP contribution in [0, 0.1) is 0 Å². The van der Waals surface area contributed by atoms with Gasteiger partial charge in [0.2, 0.25) is 0 Å². The van der Waals surface area contributed by atoms with E-state index in [2.05, 4.69) is 39.2 Å². The molecule has 112 valence electrons. The fourth-order valence-electron chi connectivity index (χ4n) is 2.79.